The number of nitrogens with two attached hydrogens (primary N) is 1. The minimum Gasteiger partial charge on any atom is -0.378 e. The van der Waals surface area contributed by atoms with Gasteiger partial charge in [-0.15, -0.1) is 12.4 Å². The summed E-state index contributed by atoms with van der Waals surface area (Å²) in [5.74, 6) is 0.147. The average Bonchev–Trinajstić information content (AvgIpc) is 2.37. The average molecular weight is 300 g/mol. The molecule has 0 aliphatic carbocycles. The zero-order valence-corrected chi connectivity index (χ0v) is 13.8. The van der Waals surface area contributed by atoms with Gasteiger partial charge in [-0.2, -0.15) is 0 Å². The first-order chi connectivity index (χ1) is 8.82. The SMILES string of the molecule is CC(C)[C@H](N)C(=O)N(C)Cc1cccc(N(C)C)c1.Cl. The van der Waals surface area contributed by atoms with Crippen molar-refractivity contribution in [1.29, 1.82) is 0 Å². The van der Waals surface area contributed by atoms with Crippen LogP contribution in [0.2, 0.25) is 0 Å². The van der Waals surface area contributed by atoms with Gasteiger partial charge in [-0.1, -0.05) is 26.0 Å². The number of likely N-dealkylation sites (N-methyl/N-ethyl adjacent to an activating group) is 1. The molecule has 0 saturated carbocycles. The van der Waals surface area contributed by atoms with Gasteiger partial charge in [-0.05, 0) is 23.6 Å². The van der Waals surface area contributed by atoms with Crippen molar-refractivity contribution in [3.8, 4) is 0 Å². The Balaban J connectivity index is 0.00000361. The van der Waals surface area contributed by atoms with Crippen LogP contribution < -0.4 is 10.6 Å². The largest absolute Gasteiger partial charge is 0.378 e. The van der Waals surface area contributed by atoms with Gasteiger partial charge < -0.3 is 15.5 Å². The molecule has 0 unspecified atom stereocenters. The van der Waals surface area contributed by atoms with Gasteiger partial charge >= 0.3 is 0 Å². The molecule has 0 heterocycles. The second kappa shape index (κ2) is 8.12. The molecule has 0 radical (unpaired) electrons. The molecule has 1 rings (SSSR count). The van der Waals surface area contributed by atoms with Crippen molar-refractivity contribution >= 4 is 24.0 Å². The van der Waals surface area contributed by atoms with Crippen molar-refractivity contribution < 1.29 is 4.79 Å². The monoisotopic (exact) mass is 299 g/mol. The molecule has 114 valence electrons. The quantitative estimate of drug-likeness (QED) is 0.906. The van der Waals surface area contributed by atoms with Gasteiger partial charge in [-0.3, -0.25) is 4.79 Å². The number of anilines is 1. The molecule has 0 fully saturated rings. The smallest absolute Gasteiger partial charge is 0.239 e. The number of hydrogen-bond acceptors (Lipinski definition) is 3. The fourth-order valence-corrected chi connectivity index (χ4v) is 1.82. The summed E-state index contributed by atoms with van der Waals surface area (Å²) >= 11 is 0. The maximum absolute atomic E-state index is 12.1. The number of hydrogen-bond donors (Lipinski definition) is 1. The van der Waals surface area contributed by atoms with Crippen LogP contribution in [0.15, 0.2) is 24.3 Å². The van der Waals surface area contributed by atoms with E-state index in [1.165, 1.54) is 0 Å². The van der Waals surface area contributed by atoms with Gasteiger partial charge in [0, 0.05) is 33.4 Å². The van der Waals surface area contributed by atoms with Crippen LogP contribution in [-0.4, -0.2) is 38.0 Å². The van der Waals surface area contributed by atoms with E-state index in [-0.39, 0.29) is 24.2 Å². The van der Waals surface area contributed by atoms with Gasteiger partial charge in [0.15, 0.2) is 0 Å². The molecule has 0 spiro atoms. The van der Waals surface area contributed by atoms with E-state index in [1.807, 2.05) is 51.0 Å². The van der Waals surface area contributed by atoms with Crippen LogP contribution in [0.3, 0.4) is 0 Å². The van der Waals surface area contributed by atoms with Crippen molar-refractivity contribution in [2.45, 2.75) is 26.4 Å². The molecule has 20 heavy (non-hydrogen) atoms. The molecule has 1 amide bonds. The lowest BCUT2D eigenvalue weighted by atomic mass is 10.0. The van der Waals surface area contributed by atoms with Crippen LogP contribution in [0.25, 0.3) is 0 Å². The maximum atomic E-state index is 12.1. The molecule has 0 saturated heterocycles. The highest BCUT2D eigenvalue weighted by Gasteiger charge is 2.21. The Morgan fingerprint density at radius 3 is 2.35 bits per heavy atom. The van der Waals surface area contributed by atoms with Crippen LogP contribution in [0.5, 0.6) is 0 Å². The van der Waals surface area contributed by atoms with Crippen LogP contribution in [0.4, 0.5) is 5.69 Å². The predicted molar refractivity (Wildman–Crippen MR) is 87.3 cm³/mol. The van der Waals surface area contributed by atoms with Crippen molar-refractivity contribution in [1.82, 2.24) is 4.90 Å². The predicted octanol–water partition coefficient (Wildman–Crippen LogP) is 2.12. The number of carbonyl (C=O) groups excluding carboxylic acids is 1. The molecular weight excluding hydrogens is 274 g/mol. The number of nitrogens with zero attached hydrogens (tertiary/aromatic N) is 2. The molecule has 2 N–H and O–H groups in total. The summed E-state index contributed by atoms with van der Waals surface area (Å²) < 4.78 is 0. The van der Waals surface area contributed by atoms with E-state index in [9.17, 15) is 4.79 Å². The number of benzene rings is 1. The number of amides is 1. The van der Waals surface area contributed by atoms with Crippen LogP contribution in [0, 0.1) is 5.92 Å². The summed E-state index contributed by atoms with van der Waals surface area (Å²) in [5.41, 5.74) is 8.13. The Morgan fingerprint density at radius 2 is 1.85 bits per heavy atom. The second-order valence-electron chi connectivity index (χ2n) is 5.53. The zero-order valence-electron chi connectivity index (χ0n) is 13.0. The molecule has 4 nitrogen and oxygen atoms in total. The third-order valence-electron chi connectivity index (χ3n) is 3.23. The summed E-state index contributed by atoms with van der Waals surface area (Å²) in [5, 5.41) is 0. The van der Waals surface area contributed by atoms with E-state index in [1.54, 1.807) is 11.9 Å². The Morgan fingerprint density at radius 1 is 1.25 bits per heavy atom. The minimum absolute atomic E-state index is 0. The molecule has 0 bridgehead atoms. The summed E-state index contributed by atoms with van der Waals surface area (Å²) in [6.07, 6.45) is 0. The Labute approximate surface area is 128 Å². The number of rotatable bonds is 5. The number of halogens is 1. The first-order valence-electron chi connectivity index (χ1n) is 6.59. The maximum Gasteiger partial charge on any atom is 0.239 e. The summed E-state index contributed by atoms with van der Waals surface area (Å²) in [6.45, 7) is 4.51. The third-order valence-corrected chi connectivity index (χ3v) is 3.23. The van der Waals surface area contributed by atoms with Crippen LogP contribution in [0.1, 0.15) is 19.4 Å². The fourth-order valence-electron chi connectivity index (χ4n) is 1.82. The first kappa shape index (κ1) is 18.7. The van der Waals surface area contributed by atoms with Crippen molar-refractivity contribution in [3.63, 3.8) is 0 Å². The highest BCUT2D eigenvalue weighted by atomic mass is 35.5. The van der Waals surface area contributed by atoms with E-state index in [0.717, 1.165) is 11.3 Å². The zero-order chi connectivity index (χ0) is 14.6. The minimum atomic E-state index is -0.429. The van der Waals surface area contributed by atoms with Crippen molar-refractivity contribution in [3.05, 3.63) is 29.8 Å². The van der Waals surface area contributed by atoms with E-state index in [4.69, 9.17) is 5.73 Å². The lowest BCUT2D eigenvalue weighted by Crippen LogP contribution is -2.44. The van der Waals surface area contributed by atoms with Gasteiger partial charge in [0.05, 0.1) is 6.04 Å². The molecular formula is C15H26ClN3O. The van der Waals surface area contributed by atoms with Crippen molar-refractivity contribution in [2.75, 3.05) is 26.0 Å². The Hall–Kier alpha value is -1.26. The first-order valence-corrected chi connectivity index (χ1v) is 6.59. The van der Waals surface area contributed by atoms with E-state index in [2.05, 4.69) is 6.07 Å². The standard InChI is InChI=1S/C15H25N3O.ClH/c1-11(2)14(16)15(19)18(5)10-12-7-6-8-13(9-12)17(3)4;/h6-9,11,14H,10,16H2,1-5H3;1H/t14-;/m0./s1. The lowest BCUT2D eigenvalue weighted by Gasteiger charge is -2.24. The topological polar surface area (TPSA) is 49.6 Å². The van der Waals surface area contributed by atoms with Gasteiger partial charge in [0.2, 0.25) is 5.91 Å². The second-order valence-corrected chi connectivity index (χ2v) is 5.53. The number of carbonyl (C=O) groups is 1. The van der Waals surface area contributed by atoms with Crippen LogP contribution >= 0.6 is 12.4 Å². The molecule has 0 aliphatic heterocycles. The van der Waals surface area contributed by atoms with Gasteiger partial charge in [0.1, 0.15) is 0 Å². The molecule has 0 aliphatic rings. The lowest BCUT2D eigenvalue weighted by molar-refractivity contribution is -0.132. The van der Waals surface area contributed by atoms with E-state index < -0.39 is 6.04 Å². The van der Waals surface area contributed by atoms with E-state index >= 15 is 0 Å². The summed E-state index contributed by atoms with van der Waals surface area (Å²) in [6, 6.07) is 7.74. The fraction of sp³-hybridized carbons (Fsp3) is 0.533. The highest BCUT2D eigenvalue weighted by Crippen LogP contribution is 2.15. The molecule has 1 aromatic carbocycles. The molecule has 5 heteroatoms. The van der Waals surface area contributed by atoms with E-state index in [0.29, 0.717) is 6.54 Å². The molecule has 1 aromatic rings. The Kier molecular flexibility index (Phi) is 7.61. The highest BCUT2D eigenvalue weighted by molar-refractivity contribution is 5.85. The van der Waals surface area contributed by atoms with Gasteiger partial charge in [-0.25, -0.2) is 0 Å². The summed E-state index contributed by atoms with van der Waals surface area (Å²) in [4.78, 5) is 15.8. The normalized spacial score (nSPS) is 11.8. The van der Waals surface area contributed by atoms with Crippen molar-refractivity contribution in [2.24, 2.45) is 11.7 Å². The summed E-state index contributed by atoms with van der Waals surface area (Å²) in [7, 11) is 5.80. The van der Waals surface area contributed by atoms with Crippen LogP contribution in [-0.2, 0) is 11.3 Å². The third kappa shape index (κ3) is 5.02. The Bertz CT molecular complexity index is 435. The molecule has 0 aromatic heterocycles. The van der Waals surface area contributed by atoms with Gasteiger partial charge in [0.25, 0.3) is 0 Å². The molecule has 1 atom stereocenters.